The molecule has 0 saturated heterocycles. The summed E-state index contributed by atoms with van der Waals surface area (Å²) < 4.78 is 31.1. The van der Waals surface area contributed by atoms with Gasteiger partial charge >= 0.3 is 21.4 Å². The van der Waals surface area contributed by atoms with Crippen molar-refractivity contribution in [2.75, 3.05) is 7.11 Å². The third kappa shape index (κ3) is 5.93. The van der Waals surface area contributed by atoms with E-state index in [4.69, 9.17) is 60.3 Å². The normalized spacial score (nSPS) is 10.8. The summed E-state index contributed by atoms with van der Waals surface area (Å²) in [5.74, 6) is -0.887. The predicted molar refractivity (Wildman–Crippen MR) is 129 cm³/mol. The highest BCUT2D eigenvalue weighted by molar-refractivity contribution is 6.80. The van der Waals surface area contributed by atoms with E-state index in [0.717, 1.165) is 0 Å². The first-order valence-corrected chi connectivity index (χ1v) is 10.6. The van der Waals surface area contributed by atoms with Crippen LogP contribution in [0, 0.1) is 5.82 Å². The molecule has 0 fully saturated rings. The second kappa shape index (κ2) is 11.1. The van der Waals surface area contributed by atoms with Gasteiger partial charge in [0.05, 0.1) is 7.11 Å². The van der Waals surface area contributed by atoms with Gasteiger partial charge in [0.25, 0.3) is 0 Å². The van der Waals surface area contributed by atoms with Gasteiger partial charge in [-0.15, -0.1) is 0 Å². The highest BCUT2D eigenvalue weighted by Gasteiger charge is 2.37. The molecule has 0 saturated carbocycles. The molecule has 0 aliphatic heterocycles. The van der Waals surface area contributed by atoms with E-state index in [9.17, 15) is 14.4 Å². The zero-order valence-corrected chi connectivity index (χ0v) is 19.5. The Morgan fingerprint density at radius 3 is 1.69 bits per heavy atom. The molecule has 3 aromatic carbocycles. The van der Waals surface area contributed by atoms with Crippen molar-refractivity contribution in [3.8, 4) is 5.75 Å². The molecule has 0 spiro atoms. The van der Waals surface area contributed by atoms with Gasteiger partial charge in [-0.1, -0.05) is 70.7 Å². The Bertz CT molecular complexity index is 1050. The second-order valence-corrected chi connectivity index (χ2v) is 8.19. The molecule has 0 aliphatic rings. The van der Waals surface area contributed by atoms with Gasteiger partial charge in [-0.05, 0) is 41.3 Å². The molecule has 0 atom stereocenters. The first kappa shape index (κ1) is 25.2. The van der Waals surface area contributed by atoms with E-state index in [1.807, 2.05) is 0 Å². The van der Waals surface area contributed by atoms with Crippen molar-refractivity contribution in [2.24, 2.45) is 0 Å². The maximum atomic E-state index is 15.0. The molecule has 3 aromatic rings. The smallest absolute Gasteiger partial charge is 0.479 e. The van der Waals surface area contributed by atoms with Crippen LogP contribution in [0.3, 0.4) is 0 Å². The molecular formula is C19H14B3Cl4FO5. The fourth-order valence-electron chi connectivity index (χ4n) is 2.83. The lowest BCUT2D eigenvalue weighted by Gasteiger charge is -2.21. The largest absolute Gasteiger partial charge is 0.494 e. The Hall–Kier alpha value is -1.42. The van der Waals surface area contributed by atoms with Gasteiger partial charge in [-0.2, -0.15) is 0 Å². The number of halogens is 5. The summed E-state index contributed by atoms with van der Waals surface area (Å²) in [6.07, 6.45) is 0. The van der Waals surface area contributed by atoms with Crippen LogP contribution in [0.25, 0.3) is 0 Å². The van der Waals surface area contributed by atoms with E-state index in [1.54, 1.807) is 0 Å². The van der Waals surface area contributed by atoms with E-state index in [0.29, 0.717) is 10.0 Å². The van der Waals surface area contributed by atoms with E-state index < -0.39 is 27.2 Å². The van der Waals surface area contributed by atoms with Crippen LogP contribution in [0.5, 0.6) is 5.75 Å². The minimum absolute atomic E-state index is 0.0854. The topological polar surface area (TPSA) is 68.2 Å². The summed E-state index contributed by atoms with van der Waals surface area (Å²) in [4.78, 5) is 0. The minimum Gasteiger partial charge on any atom is -0.494 e. The number of methoxy groups -OCH3 is 1. The fraction of sp³-hybridized carbons (Fsp3) is 0.0526. The Labute approximate surface area is 205 Å². The molecule has 0 aromatic heterocycles. The highest BCUT2D eigenvalue weighted by Crippen LogP contribution is 2.18. The molecule has 2 N–H and O–H groups in total. The van der Waals surface area contributed by atoms with E-state index >= 15 is 0 Å². The quantitative estimate of drug-likeness (QED) is 0.452. The first-order valence-electron chi connectivity index (χ1n) is 9.10. The minimum atomic E-state index is -1.65. The third-order valence-corrected chi connectivity index (χ3v) is 5.55. The molecule has 13 heteroatoms. The SMILES string of the molecule is COc1cccc(B(OB(O)c2ccc(Cl)cc2Cl)OB(O)c2ccc(Cl)cc2Cl)c1F. The Kier molecular flexibility index (Phi) is 8.78. The van der Waals surface area contributed by atoms with E-state index in [-0.39, 0.29) is 32.2 Å². The molecular weight excluding hydrogens is 501 g/mol. The first-order chi connectivity index (χ1) is 15.2. The number of ether oxygens (including phenoxy) is 1. The second-order valence-electron chi connectivity index (χ2n) is 6.50. The van der Waals surface area contributed by atoms with Crippen molar-refractivity contribution >= 4 is 84.1 Å². The van der Waals surface area contributed by atoms with Gasteiger partial charge < -0.3 is 23.9 Å². The lowest BCUT2D eigenvalue weighted by Crippen LogP contribution is -2.52. The molecule has 0 unspecified atom stereocenters. The zero-order valence-electron chi connectivity index (χ0n) is 16.4. The molecule has 0 aliphatic carbocycles. The molecule has 5 nitrogen and oxygen atoms in total. The van der Waals surface area contributed by atoms with Crippen LogP contribution < -0.4 is 21.1 Å². The predicted octanol–water partition coefficient (Wildman–Crippen LogP) is 2.95. The van der Waals surface area contributed by atoms with Crippen LogP contribution in [0.2, 0.25) is 20.1 Å². The van der Waals surface area contributed by atoms with Gasteiger partial charge in [-0.3, -0.25) is 0 Å². The molecule has 0 amide bonds. The van der Waals surface area contributed by atoms with Crippen LogP contribution in [0.4, 0.5) is 4.39 Å². The van der Waals surface area contributed by atoms with Crippen molar-refractivity contribution in [3.63, 3.8) is 0 Å². The van der Waals surface area contributed by atoms with Crippen LogP contribution in [0.1, 0.15) is 0 Å². The fourth-order valence-corrected chi connectivity index (χ4v) is 3.83. The van der Waals surface area contributed by atoms with Crippen molar-refractivity contribution < 1.29 is 28.3 Å². The lowest BCUT2D eigenvalue weighted by atomic mass is 9.67. The molecule has 0 heterocycles. The standard InChI is InChI=1S/C19H14B3Cl4FO5/c1-30-18-4-2-3-15(19(18)27)22(31-20(28)13-7-5-11(23)9-16(13)25)32-21(29)14-8-6-12(24)10-17(14)26/h2-10,28-29H,1H3. The molecule has 164 valence electrons. The zero-order chi connectivity index (χ0) is 23.4. The monoisotopic (exact) mass is 514 g/mol. The number of rotatable bonds is 8. The van der Waals surface area contributed by atoms with Crippen molar-refractivity contribution in [3.05, 3.63) is 80.5 Å². The van der Waals surface area contributed by atoms with Gasteiger partial charge in [0.1, 0.15) is 0 Å². The number of hydrogen-bond donors (Lipinski definition) is 2. The summed E-state index contributed by atoms with van der Waals surface area (Å²) in [6.45, 7) is 0. The summed E-state index contributed by atoms with van der Waals surface area (Å²) in [5, 5.41) is 22.2. The van der Waals surface area contributed by atoms with E-state index in [1.165, 1.54) is 61.7 Å². The van der Waals surface area contributed by atoms with Crippen LogP contribution >= 0.6 is 46.4 Å². The molecule has 0 radical (unpaired) electrons. The molecule has 0 bridgehead atoms. The van der Waals surface area contributed by atoms with Gasteiger partial charge in [0, 0.05) is 25.6 Å². The van der Waals surface area contributed by atoms with Gasteiger partial charge in [0.2, 0.25) is 0 Å². The van der Waals surface area contributed by atoms with Gasteiger partial charge in [0.15, 0.2) is 11.6 Å². The Balaban J connectivity index is 1.95. The summed E-state index contributed by atoms with van der Waals surface area (Å²) in [5.41, 5.74) is 0.177. The number of benzene rings is 3. The average molecular weight is 516 g/mol. The third-order valence-electron chi connectivity index (χ3n) is 4.43. The molecule has 32 heavy (non-hydrogen) atoms. The maximum absolute atomic E-state index is 15.0. The highest BCUT2D eigenvalue weighted by atomic mass is 35.5. The molecule has 3 rings (SSSR count). The Morgan fingerprint density at radius 2 is 1.25 bits per heavy atom. The summed E-state index contributed by atoms with van der Waals surface area (Å²) >= 11 is 24.0. The van der Waals surface area contributed by atoms with Crippen molar-refractivity contribution in [1.29, 1.82) is 0 Å². The van der Waals surface area contributed by atoms with Crippen LogP contribution in [0.15, 0.2) is 54.6 Å². The Morgan fingerprint density at radius 1 is 0.750 bits per heavy atom. The van der Waals surface area contributed by atoms with Crippen molar-refractivity contribution in [2.45, 2.75) is 0 Å². The van der Waals surface area contributed by atoms with Crippen LogP contribution in [-0.2, 0) is 9.14 Å². The maximum Gasteiger partial charge on any atom is 0.479 e. The van der Waals surface area contributed by atoms with Crippen LogP contribution in [-0.4, -0.2) is 38.5 Å². The lowest BCUT2D eigenvalue weighted by molar-refractivity contribution is 0.353. The average Bonchev–Trinajstić information content (AvgIpc) is 2.73. The summed E-state index contributed by atoms with van der Waals surface area (Å²) in [7, 11) is -3.59. The van der Waals surface area contributed by atoms with Gasteiger partial charge in [-0.25, -0.2) is 4.39 Å². The summed E-state index contributed by atoms with van der Waals surface area (Å²) in [6, 6.07) is 13.0. The number of hydrogen-bond acceptors (Lipinski definition) is 5. The van der Waals surface area contributed by atoms with Crippen molar-refractivity contribution in [1.82, 2.24) is 0 Å². The van der Waals surface area contributed by atoms with E-state index in [2.05, 4.69) is 0 Å².